The summed E-state index contributed by atoms with van der Waals surface area (Å²) in [6.45, 7) is 14.2. The Labute approximate surface area is 662 Å². The van der Waals surface area contributed by atoms with E-state index >= 15 is 0 Å². The lowest BCUT2D eigenvalue weighted by Crippen LogP contribution is -2.59. The van der Waals surface area contributed by atoms with Crippen LogP contribution in [0, 0.1) is 29.6 Å². The van der Waals surface area contributed by atoms with Crippen molar-refractivity contribution in [1.29, 1.82) is 0 Å². The molecule has 5 atom stereocenters. The number of carboxylic acids is 2. The lowest BCUT2D eigenvalue weighted by molar-refractivity contribution is -0.143. The molecule has 31 heteroatoms. The molecule has 0 aromatic carbocycles. The molecular formula is C77H142N16O11S4. The second-order valence-corrected chi connectivity index (χ2v) is 38.4. The van der Waals surface area contributed by atoms with Crippen LogP contribution in [0.5, 0.6) is 0 Å². The zero-order valence-electron chi connectivity index (χ0n) is 66.5. The number of unbranched alkanes of at least 4 members (excludes halogenated alkanes) is 4. The Hall–Kier alpha value is -5.08. The van der Waals surface area contributed by atoms with Crippen LogP contribution in [-0.2, 0) is 43.2 Å². The molecule has 5 aliphatic carbocycles. The van der Waals surface area contributed by atoms with E-state index in [4.69, 9.17) is 44.6 Å². The zero-order chi connectivity index (χ0) is 79.7. The minimum absolute atomic E-state index is 0.00247. The van der Waals surface area contributed by atoms with Crippen molar-refractivity contribution in [1.82, 2.24) is 36.8 Å². The summed E-state index contributed by atoms with van der Waals surface area (Å²) in [5.41, 5.74) is 34.5. The van der Waals surface area contributed by atoms with E-state index in [-0.39, 0.29) is 121 Å². The van der Waals surface area contributed by atoms with Crippen molar-refractivity contribution in [3.8, 4) is 0 Å². The first kappa shape index (κ1) is 97.1. The van der Waals surface area contributed by atoms with Gasteiger partial charge in [-0.15, -0.1) is 0 Å². The van der Waals surface area contributed by atoms with Crippen molar-refractivity contribution < 1.29 is 53.4 Å². The molecule has 1 aliphatic heterocycles. The van der Waals surface area contributed by atoms with Gasteiger partial charge in [-0.1, -0.05) is 245 Å². The quantitative estimate of drug-likeness (QED) is 0.0118. The molecule has 1 saturated heterocycles. The number of rotatable bonds is 38. The number of carbonyl (C=O) groups is 9. The van der Waals surface area contributed by atoms with Gasteiger partial charge in [-0.2, -0.15) is 0 Å². The summed E-state index contributed by atoms with van der Waals surface area (Å²) in [4.78, 5) is 122. The Balaban J connectivity index is 0.000000467. The fourth-order valence-corrected chi connectivity index (χ4v) is 19.2. The highest BCUT2D eigenvalue weighted by molar-refractivity contribution is 8.77. The summed E-state index contributed by atoms with van der Waals surface area (Å²) in [5, 5.41) is 33.4. The van der Waals surface area contributed by atoms with E-state index in [1.807, 2.05) is 0 Å². The van der Waals surface area contributed by atoms with Gasteiger partial charge in [0.05, 0.1) is 18.6 Å². The van der Waals surface area contributed by atoms with Crippen molar-refractivity contribution in [2.75, 3.05) is 50.8 Å². The van der Waals surface area contributed by atoms with Crippen LogP contribution in [0.15, 0.2) is 15.0 Å². The van der Waals surface area contributed by atoms with Gasteiger partial charge in [0.2, 0.25) is 41.4 Å². The normalized spacial score (nSPS) is 19.6. The first-order valence-electron chi connectivity index (χ1n) is 40.7. The number of aliphatic carboxylic acids is 2. The highest BCUT2D eigenvalue weighted by Crippen LogP contribution is 2.40. The number of hydrogen-bond donors (Lipinski definition) is 14. The topological polar surface area (TPSA) is 463 Å². The SMILES string of the molecule is C1CCC(C2CCCCC2)CC1.C1CCC(C2CCCCC2)CC1.CC(C)(C)SSCC(NC(=O)C1CCCCC1)C(=O)NCCCCCC(=O)O.CC(C)(C)SSCC1NC(=O)CN(CCCCCC(=O)NC(N)=NCCCC(N)C(=O)NC(N)=NCCCC(N)C(=O)NC(N)=NCCCC(N)C(=O)O)C1=O. The number of nitrogens with one attached hydrogen (secondary N) is 6. The molecule has 6 fully saturated rings. The number of aliphatic imine (C=N–C) groups is 3. The molecule has 620 valence electrons. The van der Waals surface area contributed by atoms with Gasteiger partial charge >= 0.3 is 11.9 Å². The largest absolute Gasteiger partial charge is 0.481 e. The highest BCUT2D eigenvalue weighted by Gasteiger charge is 2.34. The van der Waals surface area contributed by atoms with Crippen LogP contribution in [0.1, 0.15) is 292 Å². The first-order chi connectivity index (χ1) is 51.4. The van der Waals surface area contributed by atoms with Gasteiger partial charge in [0.25, 0.3) is 0 Å². The third-order valence-electron chi connectivity index (χ3n) is 20.2. The molecule has 7 amide bonds. The summed E-state index contributed by atoms with van der Waals surface area (Å²) < 4.78 is 0.132. The van der Waals surface area contributed by atoms with E-state index in [0.717, 1.165) is 62.2 Å². The minimum Gasteiger partial charge on any atom is -0.481 e. The molecule has 5 unspecified atom stereocenters. The molecular weight excluding hydrogens is 1450 g/mol. The Morgan fingerprint density at radius 2 is 0.917 bits per heavy atom. The van der Waals surface area contributed by atoms with E-state index in [1.165, 1.54) is 83.5 Å². The van der Waals surface area contributed by atoms with Crippen LogP contribution in [0.25, 0.3) is 0 Å². The Bertz CT molecular complexity index is 2670. The Morgan fingerprint density at radius 3 is 1.35 bits per heavy atom. The van der Waals surface area contributed by atoms with Crippen molar-refractivity contribution in [2.45, 2.75) is 332 Å². The van der Waals surface area contributed by atoms with Crippen LogP contribution < -0.4 is 66.3 Å². The molecule has 6 aliphatic rings. The number of nitrogens with two attached hydrogens (primary N) is 6. The van der Waals surface area contributed by atoms with Crippen molar-refractivity contribution in [3.63, 3.8) is 0 Å². The average molecular weight is 1600 g/mol. The van der Waals surface area contributed by atoms with Crippen molar-refractivity contribution in [3.05, 3.63) is 0 Å². The third-order valence-corrected chi connectivity index (χ3v) is 26.9. The van der Waals surface area contributed by atoms with Gasteiger partial charge in [-0.3, -0.25) is 74.1 Å². The molecule has 6 rings (SSSR count). The van der Waals surface area contributed by atoms with Crippen molar-refractivity contribution in [2.24, 2.45) is 79.0 Å². The van der Waals surface area contributed by atoms with Crippen LogP contribution >= 0.6 is 43.2 Å². The molecule has 0 spiro atoms. The van der Waals surface area contributed by atoms with E-state index < -0.39 is 54.0 Å². The van der Waals surface area contributed by atoms with Crippen LogP contribution in [0.4, 0.5) is 0 Å². The minimum atomic E-state index is -1.11. The summed E-state index contributed by atoms with van der Waals surface area (Å²) >= 11 is 0. The first-order valence-corrected chi connectivity index (χ1v) is 45.3. The predicted molar refractivity (Wildman–Crippen MR) is 444 cm³/mol. The number of carbonyl (C=O) groups excluding carboxylic acids is 7. The highest BCUT2D eigenvalue weighted by atomic mass is 33.1. The van der Waals surface area contributed by atoms with Gasteiger partial charge in [0.15, 0.2) is 17.9 Å². The van der Waals surface area contributed by atoms with Crippen LogP contribution in [0.3, 0.4) is 0 Å². The molecule has 20 N–H and O–H groups in total. The summed E-state index contributed by atoms with van der Waals surface area (Å²) in [5.74, 6) is 1.57. The summed E-state index contributed by atoms with van der Waals surface area (Å²) in [6.07, 6.45) is 42.2. The molecule has 1 heterocycles. The summed E-state index contributed by atoms with van der Waals surface area (Å²) in [7, 11) is 6.56. The van der Waals surface area contributed by atoms with Gasteiger partial charge in [0.1, 0.15) is 18.1 Å². The number of nitrogens with zero attached hydrogens (tertiary/aromatic N) is 4. The van der Waals surface area contributed by atoms with Gasteiger partial charge in [0, 0.05) is 72.5 Å². The molecule has 0 aromatic heterocycles. The monoisotopic (exact) mass is 1590 g/mol. The molecule has 5 saturated carbocycles. The number of hydrogen-bond acceptors (Lipinski definition) is 19. The lowest BCUT2D eigenvalue weighted by Gasteiger charge is -2.32. The van der Waals surface area contributed by atoms with Gasteiger partial charge in [-0.05, 0) is 101 Å². The van der Waals surface area contributed by atoms with E-state index in [9.17, 15) is 43.2 Å². The fourth-order valence-electron chi connectivity index (χ4n) is 14.3. The summed E-state index contributed by atoms with van der Waals surface area (Å²) in [6, 6.07) is -3.88. The maximum Gasteiger partial charge on any atom is 0.320 e. The second kappa shape index (κ2) is 56.2. The zero-order valence-corrected chi connectivity index (χ0v) is 69.7. The van der Waals surface area contributed by atoms with Crippen molar-refractivity contribution >= 4 is 114 Å². The lowest BCUT2D eigenvalue weighted by atomic mass is 9.73. The third kappa shape index (κ3) is 46.7. The smallest absolute Gasteiger partial charge is 0.320 e. The molecule has 0 radical (unpaired) electrons. The van der Waals surface area contributed by atoms with Gasteiger partial charge in [-0.25, -0.2) is 0 Å². The maximum absolute atomic E-state index is 12.8. The molecule has 0 bridgehead atoms. The number of piperazine rings is 1. The Kier molecular flexibility index (Phi) is 50.5. The molecule has 27 nitrogen and oxygen atoms in total. The van der Waals surface area contributed by atoms with Crippen LogP contribution in [0.2, 0.25) is 0 Å². The number of carboxylic acid groups (broad SMARTS) is 2. The second-order valence-electron chi connectivity index (χ2n) is 32.0. The van der Waals surface area contributed by atoms with E-state index in [2.05, 4.69) is 88.4 Å². The molecule has 0 aromatic rings. The number of guanidine groups is 3. The maximum atomic E-state index is 12.8. The van der Waals surface area contributed by atoms with Crippen LogP contribution in [-0.4, -0.2) is 177 Å². The standard InChI is InChI=1S/C33H62N14O7S2.C20H36N2O4S2.2C12H22/c1-33(2,3)56-55-19-23-28(52)47(18-25(49)43-23)17-6-4-5-13-24(48)44-30(37)40-14-7-10-20(34)26(50)45-31(38)41-15-8-11-21(35)27(51)46-32(39)42-16-9-12-22(36)29(53)54;1-20(2,3)28-27-14-16(22-18(25)15-10-6-4-7-11-15)19(26)21-13-9-5-8-12-17(23)24;2*1-3-7-11(8-4-1)12-9-5-2-6-10-12/h20-23H,4-19,34-36H2,1-3H3,(H,43,49)(H,53,54)(H3,37,40,44,48)(H3,38,41,45,50)(H3,39,42,46,51);15-16H,4-14H2,1-3H3,(H,21,26)(H,22,25)(H,23,24);2*11-12H,1-10H2. The number of amides is 7. The van der Waals surface area contributed by atoms with E-state index in [1.54, 1.807) is 99.4 Å². The average Bonchev–Trinajstić information content (AvgIpc) is 0.840. The Morgan fingerprint density at radius 1 is 0.509 bits per heavy atom. The molecule has 108 heavy (non-hydrogen) atoms. The predicted octanol–water partition coefficient (Wildman–Crippen LogP) is 10.0. The van der Waals surface area contributed by atoms with E-state index in [0.29, 0.717) is 69.5 Å². The van der Waals surface area contributed by atoms with Gasteiger partial charge < -0.3 is 65.5 Å². The fraction of sp³-hybridized carbons (Fsp3) is 0.844.